The Morgan fingerprint density at radius 2 is 2.03 bits per heavy atom. The third-order valence-electron chi connectivity index (χ3n) is 4.50. The van der Waals surface area contributed by atoms with Crippen LogP contribution in [0.3, 0.4) is 0 Å². The highest BCUT2D eigenvalue weighted by molar-refractivity contribution is 6.30. The molecule has 1 unspecified atom stereocenters. The van der Waals surface area contributed by atoms with Gasteiger partial charge < -0.3 is 9.64 Å². The zero-order chi connectivity index (χ0) is 23.7. The summed E-state index contributed by atoms with van der Waals surface area (Å²) < 4.78 is 33.6. The van der Waals surface area contributed by atoms with Crippen LogP contribution in [-0.4, -0.2) is 48.2 Å². The number of anilines is 1. The van der Waals surface area contributed by atoms with E-state index in [2.05, 4.69) is 21.9 Å². The summed E-state index contributed by atoms with van der Waals surface area (Å²) in [6.45, 7) is 5.94. The van der Waals surface area contributed by atoms with Crippen LogP contribution in [-0.2, 0) is 0 Å². The van der Waals surface area contributed by atoms with Gasteiger partial charge in [0, 0.05) is 38.3 Å². The van der Waals surface area contributed by atoms with E-state index in [0.29, 0.717) is 23.9 Å². The van der Waals surface area contributed by atoms with Crippen LogP contribution in [0.2, 0.25) is 5.02 Å². The van der Waals surface area contributed by atoms with Gasteiger partial charge in [0.2, 0.25) is 5.88 Å². The molecule has 2 rings (SSSR count). The van der Waals surface area contributed by atoms with Crippen molar-refractivity contribution in [3.8, 4) is 17.7 Å². The quantitative estimate of drug-likeness (QED) is 0.322. The van der Waals surface area contributed by atoms with E-state index >= 15 is 0 Å². The number of likely N-dealkylation sites (N-methyl/N-ethyl adjacent to an activating group) is 1. The van der Waals surface area contributed by atoms with Crippen molar-refractivity contribution in [3.63, 3.8) is 0 Å². The first-order valence-electron chi connectivity index (χ1n) is 10.1. The molecule has 170 valence electrons. The molecule has 6 nitrogen and oxygen atoms in total. The minimum absolute atomic E-state index is 0.0229. The molecule has 0 N–H and O–H groups in total. The summed E-state index contributed by atoms with van der Waals surface area (Å²) in [5, 5.41) is 5.86. The SMILES string of the molecule is CCC#C/C=N\N(C)c1cc(F)c(F)cc1C(=O)N(CC)C(C)COc1ccc(Cl)cn1. The average molecular weight is 463 g/mol. The Hall–Kier alpha value is -3.18. The maximum Gasteiger partial charge on any atom is 0.256 e. The van der Waals surface area contributed by atoms with Crippen LogP contribution >= 0.6 is 11.6 Å². The lowest BCUT2D eigenvalue weighted by atomic mass is 10.1. The number of rotatable bonds is 8. The standard InChI is InChI=1S/C23H25ClF2N4O2/c1-5-7-8-11-28-29(4)21-13-20(26)19(25)12-18(21)23(31)30(6-2)16(3)15-32-22-10-9-17(24)14-27-22/h9-14,16H,5-6,15H2,1-4H3/b28-11-. The van der Waals surface area contributed by atoms with Crippen LogP contribution in [0.25, 0.3) is 0 Å². The number of nitrogens with zero attached hydrogens (tertiary/aromatic N) is 4. The molecule has 1 aromatic carbocycles. The first kappa shape index (κ1) is 25.1. The Labute approximate surface area is 191 Å². The van der Waals surface area contributed by atoms with E-state index in [0.717, 1.165) is 12.1 Å². The predicted molar refractivity (Wildman–Crippen MR) is 122 cm³/mol. The van der Waals surface area contributed by atoms with Gasteiger partial charge in [-0.25, -0.2) is 13.8 Å². The fourth-order valence-corrected chi connectivity index (χ4v) is 2.97. The first-order valence-corrected chi connectivity index (χ1v) is 10.4. The van der Waals surface area contributed by atoms with E-state index in [-0.39, 0.29) is 23.9 Å². The molecule has 1 aromatic heterocycles. The molecule has 0 aliphatic rings. The molecule has 0 spiro atoms. The molecule has 0 saturated heterocycles. The second kappa shape index (κ2) is 12.0. The van der Waals surface area contributed by atoms with E-state index in [1.807, 2.05) is 6.92 Å². The molecular weight excluding hydrogens is 438 g/mol. The molecule has 2 aromatic rings. The van der Waals surface area contributed by atoms with Gasteiger partial charge in [-0.15, -0.1) is 0 Å². The van der Waals surface area contributed by atoms with Crippen molar-refractivity contribution in [3.05, 3.63) is 52.7 Å². The number of hydrazone groups is 1. The van der Waals surface area contributed by atoms with Gasteiger partial charge in [0.1, 0.15) is 6.61 Å². The molecule has 1 amide bonds. The normalized spacial score (nSPS) is 11.6. The number of carbonyl (C=O) groups is 1. The van der Waals surface area contributed by atoms with Crippen molar-refractivity contribution >= 4 is 29.4 Å². The number of aromatic nitrogens is 1. The molecule has 0 aliphatic carbocycles. The van der Waals surface area contributed by atoms with Gasteiger partial charge in [0.05, 0.1) is 28.5 Å². The summed E-state index contributed by atoms with van der Waals surface area (Å²) in [6, 6.07) is 4.71. The second-order valence-electron chi connectivity index (χ2n) is 6.79. The van der Waals surface area contributed by atoms with Crippen LogP contribution < -0.4 is 9.75 Å². The third-order valence-corrected chi connectivity index (χ3v) is 4.72. The van der Waals surface area contributed by atoms with E-state index in [4.69, 9.17) is 16.3 Å². The monoisotopic (exact) mass is 462 g/mol. The zero-order valence-electron chi connectivity index (χ0n) is 18.4. The third kappa shape index (κ3) is 6.66. The van der Waals surface area contributed by atoms with Crippen molar-refractivity contribution < 1.29 is 18.3 Å². The molecule has 0 fully saturated rings. The van der Waals surface area contributed by atoms with Crippen molar-refractivity contribution in [1.82, 2.24) is 9.88 Å². The lowest BCUT2D eigenvalue weighted by Gasteiger charge is -2.29. The number of ether oxygens (including phenoxy) is 1. The second-order valence-corrected chi connectivity index (χ2v) is 7.23. The minimum atomic E-state index is -1.12. The molecule has 9 heteroatoms. The Bertz CT molecular complexity index is 1020. The summed E-state index contributed by atoms with van der Waals surface area (Å²) in [4.78, 5) is 18.8. The minimum Gasteiger partial charge on any atom is -0.475 e. The zero-order valence-corrected chi connectivity index (χ0v) is 19.2. The van der Waals surface area contributed by atoms with Crippen molar-refractivity contribution in [2.45, 2.75) is 33.2 Å². The lowest BCUT2D eigenvalue weighted by molar-refractivity contribution is 0.0646. The highest BCUT2D eigenvalue weighted by Gasteiger charge is 2.26. The van der Waals surface area contributed by atoms with Gasteiger partial charge in [0.15, 0.2) is 11.6 Å². The van der Waals surface area contributed by atoms with Gasteiger partial charge in [-0.2, -0.15) is 5.10 Å². The van der Waals surface area contributed by atoms with Crippen molar-refractivity contribution in [1.29, 1.82) is 0 Å². The van der Waals surface area contributed by atoms with Gasteiger partial charge in [0.25, 0.3) is 5.91 Å². The topological polar surface area (TPSA) is 58.0 Å². The van der Waals surface area contributed by atoms with Gasteiger partial charge in [-0.3, -0.25) is 9.80 Å². The van der Waals surface area contributed by atoms with Crippen molar-refractivity contribution in [2.75, 3.05) is 25.2 Å². The Morgan fingerprint density at radius 1 is 1.31 bits per heavy atom. The summed E-state index contributed by atoms with van der Waals surface area (Å²) >= 11 is 5.82. The molecule has 1 atom stereocenters. The molecular formula is C23H25ClF2N4O2. The summed E-state index contributed by atoms with van der Waals surface area (Å²) in [6.07, 6.45) is 3.45. The van der Waals surface area contributed by atoms with Crippen molar-refractivity contribution in [2.24, 2.45) is 5.10 Å². The molecule has 0 radical (unpaired) electrons. The van der Waals surface area contributed by atoms with E-state index in [1.165, 1.54) is 29.4 Å². The van der Waals surface area contributed by atoms with Crippen LogP contribution in [0.15, 0.2) is 35.6 Å². The average Bonchev–Trinajstić information content (AvgIpc) is 2.78. The largest absolute Gasteiger partial charge is 0.475 e. The summed E-state index contributed by atoms with van der Waals surface area (Å²) in [7, 11) is 1.53. The lowest BCUT2D eigenvalue weighted by Crippen LogP contribution is -2.42. The number of benzene rings is 1. The predicted octanol–water partition coefficient (Wildman–Crippen LogP) is 4.78. The van der Waals surface area contributed by atoms with Gasteiger partial charge in [-0.1, -0.05) is 30.4 Å². The van der Waals surface area contributed by atoms with Crippen LogP contribution in [0, 0.1) is 23.5 Å². The fourth-order valence-electron chi connectivity index (χ4n) is 2.85. The summed E-state index contributed by atoms with van der Waals surface area (Å²) in [5.41, 5.74) is 0.0969. The Morgan fingerprint density at radius 3 is 2.66 bits per heavy atom. The number of hydrogen-bond donors (Lipinski definition) is 0. The number of hydrogen-bond acceptors (Lipinski definition) is 5. The number of halogens is 3. The van der Waals surface area contributed by atoms with Crippen LogP contribution in [0.4, 0.5) is 14.5 Å². The molecule has 1 heterocycles. The van der Waals surface area contributed by atoms with E-state index in [1.54, 1.807) is 26.0 Å². The van der Waals surface area contributed by atoms with E-state index < -0.39 is 17.5 Å². The fraction of sp³-hybridized carbons (Fsp3) is 0.348. The smallest absolute Gasteiger partial charge is 0.256 e. The number of amides is 1. The Kier molecular flexibility index (Phi) is 9.41. The summed E-state index contributed by atoms with van der Waals surface area (Å²) in [5.74, 6) is 3.23. The molecule has 32 heavy (non-hydrogen) atoms. The molecule has 0 aliphatic heterocycles. The highest BCUT2D eigenvalue weighted by atomic mass is 35.5. The van der Waals surface area contributed by atoms with Crippen LogP contribution in [0.1, 0.15) is 37.6 Å². The van der Waals surface area contributed by atoms with Crippen LogP contribution in [0.5, 0.6) is 5.88 Å². The first-order chi connectivity index (χ1) is 15.3. The van der Waals surface area contributed by atoms with Gasteiger partial charge >= 0.3 is 0 Å². The van der Waals surface area contributed by atoms with E-state index in [9.17, 15) is 13.6 Å². The highest BCUT2D eigenvalue weighted by Crippen LogP contribution is 2.26. The Balaban J connectivity index is 2.26. The number of pyridine rings is 1. The van der Waals surface area contributed by atoms with Gasteiger partial charge in [-0.05, 0) is 26.0 Å². The maximum absolute atomic E-state index is 14.0. The molecule has 0 bridgehead atoms. The number of carbonyl (C=O) groups excluding carboxylic acids is 1. The maximum atomic E-state index is 14.0. The molecule has 0 saturated carbocycles.